The zero-order valence-electron chi connectivity index (χ0n) is 19.2. The molecule has 182 valence electrons. The molecule has 2 aromatic rings. The van der Waals surface area contributed by atoms with Crippen LogP contribution in [0.1, 0.15) is 35.7 Å². The fraction of sp³-hybridized carbons (Fsp3) is 0.417. The molecule has 10 heteroatoms. The first-order valence-corrected chi connectivity index (χ1v) is 12.9. The Morgan fingerprint density at radius 1 is 0.912 bits per heavy atom. The number of carbonyl (C=O) groups excluding carboxylic acids is 2. The van der Waals surface area contributed by atoms with E-state index in [0.29, 0.717) is 43.0 Å². The van der Waals surface area contributed by atoms with Gasteiger partial charge in [-0.1, -0.05) is 0 Å². The minimum atomic E-state index is -3.88. The van der Waals surface area contributed by atoms with Gasteiger partial charge in [-0.25, -0.2) is 17.9 Å². The third kappa shape index (κ3) is 5.23. The molecule has 2 aliphatic rings. The first-order chi connectivity index (χ1) is 16.1. The van der Waals surface area contributed by atoms with Gasteiger partial charge in [0.15, 0.2) is 5.78 Å². The minimum Gasteiger partial charge on any atom is -0.371 e. The molecule has 2 N–H and O–H groups in total. The van der Waals surface area contributed by atoms with Crippen molar-refractivity contribution in [3.05, 3.63) is 53.3 Å². The summed E-state index contributed by atoms with van der Waals surface area (Å²) < 4.78 is 38.3. The highest BCUT2D eigenvalue weighted by atomic mass is 32.2. The lowest BCUT2D eigenvalue weighted by atomic mass is 10.1. The summed E-state index contributed by atoms with van der Waals surface area (Å²) in [4.78, 5) is 30.3. The molecule has 2 heterocycles. The monoisotopic (exact) mass is 488 g/mol. The molecule has 0 aromatic heterocycles. The van der Waals surface area contributed by atoms with Gasteiger partial charge in [-0.15, -0.1) is 0 Å². The minimum absolute atomic E-state index is 0.00690. The maximum Gasteiger partial charge on any atom is 0.238 e. The number of rotatable bonds is 6. The van der Waals surface area contributed by atoms with Crippen LogP contribution in [-0.4, -0.2) is 64.3 Å². The van der Waals surface area contributed by atoms with Crippen molar-refractivity contribution >= 4 is 33.1 Å². The zero-order valence-corrected chi connectivity index (χ0v) is 20.0. The fourth-order valence-electron chi connectivity index (χ4n) is 4.60. The van der Waals surface area contributed by atoms with Crippen molar-refractivity contribution in [1.29, 1.82) is 0 Å². The lowest BCUT2D eigenvalue weighted by Crippen LogP contribution is -2.49. The second kappa shape index (κ2) is 9.71. The SMILES string of the molecule is CC(=O)c1ccc(N2CCN(C(=O)Cc3cc(S(N)(=O)=O)ccc3N3CCCC3)CC2)c(F)c1. The molecule has 1 amide bonds. The van der Waals surface area contributed by atoms with Crippen molar-refractivity contribution in [2.45, 2.75) is 31.1 Å². The molecule has 4 rings (SSSR count). The van der Waals surface area contributed by atoms with Gasteiger partial charge in [-0.05, 0) is 61.7 Å². The van der Waals surface area contributed by atoms with Crippen LogP contribution in [-0.2, 0) is 21.2 Å². The van der Waals surface area contributed by atoms with Crippen LogP contribution in [0.2, 0.25) is 0 Å². The van der Waals surface area contributed by atoms with Gasteiger partial charge in [0.25, 0.3) is 0 Å². The third-order valence-electron chi connectivity index (χ3n) is 6.50. The number of nitrogens with two attached hydrogens (primary N) is 1. The Hall–Kier alpha value is -2.98. The highest BCUT2D eigenvalue weighted by Gasteiger charge is 2.26. The van der Waals surface area contributed by atoms with E-state index in [9.17, 15) is 22.4 Å². The summed E-state index contributed by atoms with van der Waals surface area (Å²) in [5.74, 6) is -0.762. The summed E-state index contributed by atoms with van der Waals surface area (Å²) in [5.41, 5.74) is 2.25. The Balaban J connectivity index is 1.46. The maximum atomic E-state index is 14.5. The average Bonchev–Trinajstić information content (AvgIpc) is 3.33. The Labute approximate surface area is 199 Å². The lowest BCUT2D eigenvalue weighted by Gasteiger charge is -2.36. The number of carbonyl (C=O) groups is 2. The molecule has 0 aliphatic carbocycles. The molecule has 0 spiro atoms. The van der Waals surface area contributed by atoms with E-state index >= 15 is 0 Å². The number of halogens is 1. The van der Waals surface area contributed by atoms with Gasteiger partial charge in [-0.2, -0.15) is 0 Å². The normalized spacial score (nSPS) is 16.7. The standard InChI is InChI=1S/C24H29FN4O4S/c1-17(30)18-4-6-23(21(25)15-18)28-10-12-29(13-11-28)24(31)16-19-14-20(34(26,32)33)5-7-22(19)27-8-2-3-9-27/h4-7,14-15H,2-3,8-13,16H2,1H3,(H2,26,32,33). The molecule has 0 saturated carbocycles. The van der Waals surface area contributed by atoms with Crippen molar-refractivity contribution in [2.75, 3.05) is 49.1 Å². The van der Waals surface area contributed by atoms with Crippen LogP contribution in [0.15, 0.2) is 41.3 Å². The quantitative estimate of drug-likeness (QED) is 0.625. The van der Waals surface area contributed by atoms with E-state index < -0.39 is 15.8 Å². The number of nitrogens with zero attached hydrogens (tertiary/aromatic N) is 3. The van der Waals surface area contributed by atoms with E-state index in [0.717, 1.165) is 31.6 Å². The first-order valence-electron chi connectivity index (χ1n) is 11.4. The maximum absolute atomic E-state index is 14.5. The summed E-state index contributed by atoms with van der Waals surface area (Å²) in [7, 11) is -3.88. The Morgan fingerprint density at radius 3 is 2.12 bits per heavy atom. The van der Waals surface area contributed by atoms with Crippen LogP contribution in [0.25, 0.3) is 0 Å². The Bertz CT molecular complexity index is 1200. The summed E-state index contributed by atoms with van der Waals surface area (Å²) in [6, 6.07) is 9.18. The Kier molecular flexibility index (Phi) is 6.90. The van der Waals surface area contributed by atoms with Crippen molar-refractivity contribution < 1.29 is 22.4 Å². The summed E-state index contributed by atoms with van der Waals surface area (Å²) in [6.07, 6.45) is 2.17. The second-order valence-electron chi connectivity index (χ2n) is 8.80. The molecule has 0 bridgehead atoms. The van der Waals surface area contributed by atoms with Crippen LogP contribution in [0.4, 0.5) is 15.8 Å². The van der Waals surface area contributed by atoms with Gasteiger partial charge in [0.2, 0.25) is 15.9 Å². The van der Waals surface area contributed by atoms with Crippen LogP contribution < -0.4 is 14.9 Å². The number of piperazine rings is 1. The Morgan fingerprint density at radius 2 is 1.53 bits per heavy atom. The van der Waals surface area contributed by atoms with E-state index in [1.807, 2.05) is 4.90 Å². The number of amides is 1. The summed E-state index contributed by atoms with van der Waals surface area (Å²) in [6.45, 7) is 4.87. The highest BCUT2D eigenvalue weighted by molar-refractivity contribution is 7.89. The molecule has 0 unspecified atom stereocenters. The van der Waals surface area contributed by atoms with E-state index in [2.05, 4.69) is 4.90 Å². The number of Topliss-reactive ketones (excluding diaryl/α,β-unsaturated/α-hetero) is 1. The first kappa shape index (κ1) is 24.2. The van der Waals surface area contributed by atoms with E-state index in [1.165, 1.54) is 25.1 Å². The van der Waals surface area contributed by atoms with Gasteiger partial charge in [0.05, 0.1) is 17.0 Å². The van der Waals surface area contributed by atoms with Crippen LogP contribution in [0, 0.1) is 5.82 Å². The van der Waals surface area contributed by atoms with Gasteiger partial charge in [0, 0.05) is 50.5 Å². The number of primary sulfonamides is 1. The number of hydrogen-bond acceptors (Lipinski definition) is 6. The topological polar surface area (TPSA) is 104 Å². The zero-order chi connectivity index (χ0) is 24.5. The molecule has 2 fully saturated rings. The number of anilines is 2. The lowest BCUT2D eigenvalue weighted by molar-refractivity contribution is -0.130. The molecule has 0 radical (unpaired) electrons. The van der Waals surface area contributed by atoms with E-state index in [1.54, 1.807) is 23.1 Å². The van der Waals surface area contributed by atoms with E-state index in [4.69, 9.17) is 5.14 Å². The average molecular weight is 489 g/mol. The van der Waals surface area contributed by atoms with Gasteiger partial charge in [-0.3, -0.25) is 9.59 Å². The number of ketones is 1. The molecular formula is C24H29FN4O4S. The molecule has 2 saturated heterocycles. The number of sulfonamides is 1. The van der Waals surface area contributed by atoms with Crippen molar-refractivity contribution in [1.82, 2.24) is 4.90 Å². The largest absolute Gasteiger partial charge is 0.371 e. The number of hydrogen-bond donors (Lipinski definition) is 1. The van der Waals surface area contributed by atoms with Crippen molar-refractivity contribution in [2.24, 2.45) is 5.14 Å². The summed E-state index contributed by atoms with van der Waals surface area (Å²) >= 11 is 0. The predicted octanol–water partition coefficient (Wildman–Crippen LogP) is 2.17. The van der Waals surface area contributed by atoms with Crippen LogP contribution in [0.3, 0.4) is 0 Å². The smallest absolute Gasteiger partial charge is 0.238 e. The number of benzene rings is 2. The van der Waals surface area contributed by atoms with Crippen LogP contribution >= 0.6 is 0 Å². The highest BCUT2D eigenvalue weighted by Crippen LogP contribution is 2.28. The van der Waals surface area contributed by atoms with Gasteiger partial charge < -0.3 is 14.7 Å². The molecular weight excluding hydrogens is 459 g/mol. The molecule has 2 aliphatic heterocycles. The third-order valence-corrected chi connectivity index (χ3v) is 7.41. The van der Waals surface area contributed by atoms with Crippen LogP contribution in [0.5, 0.6) is 0 Å². The predicted molar refractivity (Wildman–Crippen MR) is 128 cm³/mol. The fourth-order valence-corrected chi connectivity index (χ4v) is 5.17. The molecule has 0 atom stereocenters. The molecule has 2 aromatic carbocycles. The van der Waals surface area contributed by atoms with Crippen molar-refractivity contribution in [3.8, 4) is 0 Å². The van der Waals surface area contributed by atoms with E-state index in [-0.39, 0.29) is 23.0 Å². The molecule has 34 heavy (non-hydrogen) atoms. The summed E-state index contributed by atoms with van der Waals surface area (Å²) in [5, 5.41) is 5.32. The van der Waals surface area contributed by atoms with Gasteiger partial charge >= 0.3 is 0 Å². The van der Waals surface area contributed by atoms with Crippen molar-refractivity contribution in [3.63, 3.8) is 0 Å². The molecule has 8 nitrogen and oxygen atoms in total. The van der Waals surface area contributed by atoms with Gasteiger partial charge in [0.1, 0.15) is 5.82 Å². The second-order valence-corrected chi connectivity index (χ2v) is 10.4.